The maximum Gasteiger partial charge on any atom is 0.286 e. The van der Waals surface area contributed by atoms with Crippen LogP contribution in [-0.4, -0.2) is 28.6 Å². The van der Waals surface area contributed by atoms with Crippen molar-refractivity contribution in [2.45, 2.75) is 13.5 Å². The molecule has 7 nitrogen and oxygen atoms in total. The fourth-order valence-electron chi connectivity index (χ4n) is 2.31. The largest absolute Gasteiger partial charge is 0.494 e. The van der Waals surface area contributed by atoms with Gasteiger partial charge >= 0.3 is 0 Å². The Morgan fingerprint density at radius 3 is 2.37 bits per heavy atom. The lowest BCUT2D eigenvalue weighted by Crippen LogP contribution is -2.23. The summed E-state index contributed by atoms with van der Waals surface area (Å²) >= 11 is 0.940. The number of amides is 2. The number of benzene rings is 2. The standard InChI is InChI=1S/C19H18N4O3S/c1-2-26-15-11-7-6-8-13(15)12-20-16(24)18-22-23-19(27-18)17(25)21-14-9-4-3-5-10-14/h3-11H,2,12H2,1H3,(H,20,24)(H,21,25). The van der Waals surface area contributed by atoms with Crippen molar-refractivity contribution in [3.8, 4) is 5.75 Å². The summed E-state index contributed by atoms with van der Waals surface area (Å²) in [6.45, 7) is 2.74. The molecule has 0 radical (unpaired) electrons. The number of hydrogen-bond donors (Lipinski definition) is 2. The van der Waals surface area contributed by atoms with Gasteiger partial charge in [-0.3, -0.25) is 9.59 Å². The van der Waals surface area contributed by atoms with Crippen LogP contribution in [0, 0.1) is 0 Å². The van der Waals surface area contributed by atoms with Crippen molar-refractivity contribution in [2.75, 3.05) is 11.9 Å². The molecule has 2 N–H and O–H groups in total. The Morgan fingerprint density at radius 2 is 1.63 bits per heavy atom. The lowest BCUT2D eigenvalue weighted by atomic mass is 10.2. The molecule has 3 aromatic rings. The number of anilines is 1. The fourth-order valence-corrected chi connectivity index (χ4v) is 2.97. The van der Waals surface area contributed by atoms with Gasteiger partial charge in [0.05, 0.1) is 6.61 Å². The predicted molar refractivity (Wildman–Crippen MR) is 103 cm³/mol. The molecule has 0 aliphatic rings. The summed E-state index contributed by atoms with van der Waals surface area (Å²) in [4.78, 5) is 24.5. The summed E-state index contributed by atoms with van der Waals surface area (Å²) in [6, 6.07) is 16.5. The minimum absolute atomic E-state index is 0.124. The molecule has 0 saturated carbocycles. The van der Waals surface area contributed by atoms with Gasteiger partial charge in [0.15, 0.2) is 0 Å². The number of ether oxygens (including phenoxy) is 1. The Balaban J connectivity index is 1.61. The number of hydrogen-bond acceptors (Lipinski definition) is 6. The van der Waals surface area contributed by atoms with Gasteiger partial charge in [0.2, 0.25) is 10.0 Å². The van der Waals surface area contributed by atoms with Crippen molar-refractivity contribution >= 4 is 28.8 Å². The molecular weight excluding hydrogens is 364 g/mol. The van der Waals surface area contributed by atoms with Gasteiger partial charge < -0.3 is 15.4 Å². The van der Waals surface area contributed by atoms with Crippen LogP contribution in [0.1, 0.15) is 32.1 Å². The summed E-state index contributed by atoms with van der Waals surface area (Å²) in [7, 11) is 0. The Hall–Kier alpha value is -3.26. The highest BCUT2D eigenvalue weighted by Gasteiger charge is 2.18. The average Bonchev–Trinajstić information content (AvgIpc) is 3.19. The Kier molecular flexibility index (Phi) is 6.11. The lowest BCUT2D eigenvalue weighted by molar-refractivity contribution is 0.0948. The van der Waals surface area contributed by atoms with Crippen LogP contribution in [0.4, 0.5) is 5.69 Å². The van der Waals surface area contributed by atoms with E-state index < -0.39 is 11.8 Å². The topological polar surface area (TPSA) is 93.2 Å². The first kappa shape index (κ1) is 18.5. The molecule has 27 heavy (non-hydrogen) atoms. The van der Waals surface area contributed by atoms with E-state index in [1.807, 2.05) is 49.4 Å². The van der Waals surface area contributed by atoms with Crippen molar-refractivity contribution in [1.29, 1.82) is 0 Å². The number of carbonyl (C=O) groups is 2. The molecule has 2 aromatic carbocycles. The zero-order chi connectivity index (χ0) is 19.1. The number of nitrogens with zero attached hydrogens (tertiary/aromatic N) is 2. The molecule has 0 aliphatic carbocycles. The van der Waals surface area contributed by atoms with Gasteiger partial charge in [-0.1, -0.05) is 47.7 Å². The molecule has 1 heterocycles. The molecule has 1 aromatic heterocycles. The second-order valence-corrected chi connectivity index (χ2v) is 6.43. The minimum Gasteiger partial charge on any atom is -0.494 e. The fraction of sp³-hybridized carbons (Fsp3) is 0.158. The Morgan fingerprint density at radius 1 is 0.963 bits per heavy atom. The molecule has 2 amide bonds. The molecule has 0 aliphatic heterocycles. The van der Waals surface area contributed by atoms with Gasteiger partial charge in [0.25, 0.3) is 11.8 Å². The molecule has 0 atom stereocenters. The number of nitrogens with one attached hydrogen (secondary N) is 2. The third-order valence-corrected chi connectivity index (χ3v) is 4.48. The SMILES string of the molecule is CCOc1ccccc1CNC(=O)c1nnc(C(=O)Nc2ccccc2)s1. The number of aromatic nitrogens is 2. The van der Waals surface area contributed by atoms with Gasteiger partial charge in [-0.05, 0) is 25.1 Å². The highest BCUT2D eigenvalue weighted by atomic mass is 32.1. The molecule has 0 unspecified atom stereocenters. The first-order chi connectivity index (χ1) is 13.2. The van der Waals surface area contributed by atoms with Crippen molar-refractivity contribution in [3.05, 3.63) is 70.2 Å². The van der Waals surface area contributed by atoms with E-state index in [1.165, 1.54) is 0 Å². The van der Waals surface area contributed by atoms with Crippen molar-refractivity contribution in [3.63, 3.8) is 0 Å². The summed E-state index contributed by atoms with van der Waals surface area (Å²) in [6.07, 6.45) is 0. The van der Waals surface area contributed by atoms with Crippen molar-refractivity contribution < 1.29 is 14.3 Å². The smallest absolute Gasteiger partial charge is 0.286 e. The minimum atomic E-state index is -0.403. The second kappa shape index (κ2) is 8.91. The molecule has 3 rings (SSSR count). The first-order valence-electron chi connectivity index (χ1n) is 8.36. The van der Waals surface area contributed by atoms with E-state index in [1.54, 1.807) is 12.1 Å². The van der Waals surface area contributed by atoms with Crippen LogP contribution in [0.5, 0.6) is 5.75 Å². The normalized spacial score (nSPS) is 10.3. The summed E-state index contributed by atoms with van der Waals surface area (Å²) in [5, 5.41) is 13.4. The maximum atomic E-state index is 12.3. The van der Waals surface area contributed by atoms with E-state index in [2.05, 4.69) is 20.8 Å². The van der Waals surface area contributed by atoms with Crippen LogP contribution in [0.2, 0.25) is 0 Å². The summed E-state index contributed by atoms with van der Waals surface area (Å²) < 4.78 is 5.54. The first-order valence-corrected chi connectivity index (χ1v) is 9.18. The van der Waals surface area contributed by atoms with Crippen LogP contribution < -0.4 is 15.4 Å². The molecule has 8 heteroatoms. The predicted octanol–water partition coefficient (Wildman–Crippen LogP) is 3.12. The van der Waals surface area contributed by atoms with Gasteiger partial charge in [-0.2, -0.15) is 0 Å². The molecule has 0 saturated heterocycles. The van der Waals surface area contributed by atoms with Crippen LogP contribution in [0.3, 0.4) is 0 Å². The van der Waals surface area contributed by atoms with E-state index in [9.17, 15) is 9.59 Å². The van der Waals surface area contributed by atoms with Crippen molar-refractivity contribution in [2.24, 2.45) is 0 Å². The lowest BCUT2D eigenvalue weighted by Gasteiger charge is -2.10. The molecule has 0 spiro atoms. The van der Waals surface area contributed by atoms with Crippen molar-refractivity contribution in [1.82, 2.24) is 15.5 Å². The quantitative estimate of drug-likeness (QED) is 0.655. The molecule has 0 bridgehead atoms. The van der Waals surface area contributed by atoms with Gasteiger partial charge in [0.1, 0.15) is 5.75 Å². The summed E-state index contributed by atoms with van der Waals surface area (Å²) in [5.41, 5.74) is 1.51. The Labute approximate surface area is 160 Å². The number of para-hydroxylation sites is 2. The van der Waals surface area contributed by atoms with E-state index >= 15 is 0 Å². The zero-order valence-corrected chi connectivity index (χ0v) is 15.5. The third kappa shape index (κ3) is 4.89. The van der Waals surface area contributed by atoms with Gasteiger partial charge in [-0.25, -0.2) is 0 Å². The van der Waals surface area contributed by atoms with Gasteiger partial charge in [-0.15, -0.1) is 10.2 Å². The van der Waals surface area contributed by atoms with Crippen LogP contribution in [-0.2, 0) is 6.54 Å². The van der Waals surface area contributed by atoms with E-state index in [-0.39, 0.29) is 10.0 Å². The maximum absolute atomic E-state index is 12.3. The van der Waals surface area contributed by atoms with E-state index in [0.29, 0.717) is 18.8 Å². The molecule has 0 fully saturated rings. The van der Waals surface area contributed by atoms with Crippen LogP contribution >= 0.6 is 11.3 Å². The van der Waals surface area contributed by atoms with E-state index in [0.717, 1.165) is 22.6 Å². The number of rotatable bonds is 7. The van der Waals surface area contributed by atoms with E-state index in [4.69, 9.17) is 4.74 Å². The monoisotopic (exact) mass is 382 g/mol. The van der Waals surface area contributed by atoms with Gasteiger partial charge in [0, 0.05) is 17.8 Å². The summed E-state index contributed by atoms with van der Waals surface area (Å²) in [5.74, 6) is -0.0718. The van der Waals surface area contributed by atoms with Crippen LogP contribution in [0.15, 0.2) is 54.6 Å². The second-order valence-electron chi connectivity index (χ2n) is 5.46. The molecule has 138 valence electrons. The highest BCUT2D eigenvalue weighted by Crippen LogP contribution is 2.18. The highest BCUT2D eigenvalue weighted by molar-refractivity contribution is 7.15. The average molecular weight is 382 g/mol. The zero-order valence-electron chi connectivity index (χ0n) is 14.6. The van der Waals surface area contributed by atoms with Crippen LogP contribution in [0.25, 0.3) is 0 Å². The Bertz CT molecular complexity index is 927. The molecular formula is C19H18N4O3S. The third-order valence-electron chi connectivity index (χ3n) is 3.56. The number of carbonyl (C=O) groups excluding carboxylic acids is 2.